The van der Waals surface area contributed by atoms with Crippen molar-refractivity contribution in [1.82, 2.24) is 34.1 Å². The molecule has 0 spiro atoms. The van der Waals surface area contributed by atoms with Gasteiger partial charge in [-0.25, -0.2) is 13.9 Å². The molecule has 0 radical (unpaired) electrons. The Morgan fingerprint density at radius 3 is 2.56 bits per heavy atom. The number of hydrogen-bond acceptors (Lipinski definition) is 9. The Morgan fingerprint density at radius 1 is 1.15 bits per heavy atom. The predicted octanol–water partition coefficient (Wildman–Crippen LogP) is 3.32. The molecular formula is C35H50FN7O8S. The van der Waals surface area contributed by atoms with Gasteiger partial charge in [0, 0.05) is 32.5 Å². The van der Waals surface area contributed by atoms with E-state index in [1.54, 1.807) is 31.4 Å². The third-order valence-electron chi connectivity index (χ3n) is 9.45. The number of aromatic nitrogens is 2. The first-order valence-corrected chi connectivity index (χ1v) is 19.1. The van der Waals surface area contributed by atoms with Gasteiger partial charge in [0.05, 0.1) is 17.6 Å². The van der Waals surface area contributed by atoms with Crippen molar-refractivity contribution in [2.75, 3.05) is 20.6 Å². The maximum absolute atomic E-state index is 14.4. The molecule has 2 fully saturated rings. The molecule has 1 aromatic heterocycles. The molecule has 3 N–H and O–H groups in total. The number of nitrogens with one attached hydrogen (secondary N) is 3. The first-order chi connectivity index (χ1) is 24.3. The lowest BCUT2D eigenvalue weighted by atomic mass is 10.0. The van der Waals surface area contributed by atoms with Crippen molar-refractivity contribution in [3.05, 3.63) is 36.2 Å². The molecule has 3 heterocycles. The SMILES string of the molecule is CC(C)n1c(O[C@@H]2C[C@H]3C(=O)N[C@]4(C(=O)NS(=O)(=O)N(C)C)C[C@H]4C=CCCCCC[C@H](NC(=O)OC(C)(C)C)C(=O)N3C2)nc2ccc(F)cc21. The topological polar surface area (TPSA) is 181 Å². The Hall–Kier alpha value is -4.25. The van der Waals surface area contributed by atoms with Gasteiger partial charge in [-0.3, -0.25) is 19.0 Å². The van der Waals surface area contributed by atoms with E-state index in [9.17, 15) is 32.0 Å². The van der Waals surface area contributed by atoms with E-state index in [1.807, 2.05) is 26.0 Å². The Bertz CT molecular complexity index is 1840. The molecule has 0 unspecified atom stereocenters. The van der Waals surface area contributed by atoms with E-state index in [4.69, 9.17) is 9.47 Å². The molecule has 2 aromatic rings. The van der Waals surface area contributed by atoms with Gasteiger partial charge < -0.3 is 25.0 Å². The van der Waals surface area contributed by atoms with Gasteiger partial charge in [-0.2, -0.15) is 17.7 Å². The lowest BCUT2D eigenvalue weighted by Gasteiger charge is -2.30. The summed E-state index contributed by atoms with van der Waals surface area (Å²) in [4.78, 5) is 61.2. The van der Waals surface area contributed by atoms with Crippen molar-refractivity contribution in [1.29, 1.82) is 0 Å². The summed E-state index contributed by atoms with van der Waals surface area (Å²) >= 11 is 0. The Balaban J connectivity index is 1.50. The summed E-state index contributed by atoms with van der Waals surface area (Å²) in [6.07, 6.45) is 5.36. The third-order valence-corrected chi connectivity index (χ3v) is 10.9. The molecule has 1 saturated carbocycles. The van der Waals surface area contributed by atoms with Crippen LogP contribution in [-0.4, -0.2) is 101 Å². The van der Waals surface area contributed by atoms with Crippen LogP contribution in [0.3, 0.4) is 0 Å². The predicted molar refractivity (Wildman–Crippen MR) is 190 cm³/mol. The molecule has 5 rings (SSSR count). The van der Waals surface area contributed by atoms with Crippen LogP contribution < -0.4 is 20.1 Å². The molecule has 5 atom stereocenters. The zero-order valence-electron chi connectivity index (χ0n) is 30.8. The average molecular weight is 748 g/mol. The minimum absolute atomic E-state index is 0.0133. The van der Waals surface area contributed by atoms with Crippen LogP contribution in [0.4, 0.5) is 9.18 Å². The quantitative estimate of drug-likeness (QED) is 0.358. The van der Waals surface area contributed by atoms with E-state index in [0.717, 1.165) is 17.1 Å². The summed E-state index contributed by atoms with van der Waals surface area (Å²) in [7, 11) is -1.62. The smallest absolute Gasteiger partial charge is 0.408 e. The van der Waals surface area contributed by atoms with Gasteiger partial charge in [-0.1, -0.05) is 25.0 Å². The molecule has 3 aliphatic rings. The molecule has 1 aliphatic carbocycles. The molecule has 17 heteroatoms. The number of benzene rings is 1. The summed E-state index contributed by atoms with van der Waals surface area (Å²) < 4.78 is 56.1. The molecule has 15 nitrogen and oxygen atoms in total. The number of carbonyl (C=O) groups is 4. The van der Waals surface area contributed by atoms with E-state index >= 15 is 0 Å². The van der Waals surface area contributed by atoms with E-state index in [0.29, 0.717) is 23.9 Å². The molecule has 2 aliphatic heterocycles. The van der Waals surface area contributed by atoms with Gasteiger partial charge in [0.1, 0.15) is 35.1 Å². The summed E-state index contributed by atoms with van der Waals surface area (Å²) in [5.41, 5.74) is -1.38. The second kappa shape index (κ2) is 15.0. The lowest BCUT2D eigenvalue weighted by molar-refractivity contribution is -0.141. The number of carbonyl (C=O) groups excluding carboxylic acids is 4. The van der Waals surface area contributed by atoms with Gasteiger partial charge in [0.15, 0.2) is 0 Å². The first-order valence-electron chi connectivity index (χ1n) is 17.7. The van der Waals surface area contributed by atoms with E-state index in [1.165, 1.54) is 31.1 Å². The second-order valence-corrected chi connectivity index (χ2v) is 17.1. The Kier molecular flexibility index (Phi) is 11.2. The van der Waals surface area contributed by atoms with Crippen LogP contribution >= 0.6 is 0 Å². The van der Waals surface area contributed by atoms with Crippen molar-refractivity contribution in [2.24, 2.45) is 5.92 Å². The van der Waals surface area contributed by atoms with Crippen LogP contribution in [0.2, 0.25) is 0 Å². The average Bonchev–Trinajstić information content (AvgIpc) is 3.37. The number of imidazole rings is 1. The van der Waals surface area contributed by atoms with Crippen molar-refractivity contribution in [3.63, 3.8) is 0 Å². The number of allylic oxidation sites excluding steroid dienone is 1. The number of hydrogen-bond donors (Lipinski definition) is 3. The van der Waals surface area contributed by atoms with Crippen molar-refractivity contribution < 1.29 is 41.5 Å². The molecular weight excluding hydrogens is 697 g/mol. The fourth-order valence-electron chi connectivity index (χ4n) is 6.69. The molecule has 52 heavy (non-hydrogen) atoms. The van der Waals surface area contributed by atoms with Gasteiger partial charge in [0.2, 0.25) is 11.8 Å². The van der Waals surface area contributed by atoms with Crippen LogP contribution in [-0.2, 0) is 29.3 Å². The van der Waals surface area contributed by atoms with Crippen LogP contribution in [0.5, 0.6) is 6.01 Å². The van der Waals surface area contributed by atoms with Gasteiger partial charge in [-0.05, 0) is 78.5 Å². The second-order valence-electron chi connectivity index (χ2n) is 15.2. The van der Waals surface area contributed by atoms with E-state index < -0.39 is 75.1 Å². The van der Waals surface area contributed by atoms with Crippen molar-refractivity contribution in [2.45, 2.75) is 115 Å². The van der Waals surface area contributed by atoms with Crippen LogP contribution in [0.1, 0.15) is 85.6 Å². The lowest BCUT2D eigenvalue weighted by Crippen LogP contribution is -2.58. The summed E-state index contributed by atoms with van der Waals surface area (Å²) in [6.45, 7) is 8.84. The minimum Gasteiger partial charge on any atom is -0.459 e. The largest absolute Gasteiger partial charge is 0.459 e. The molecule has 4 amide bonds. The molecule has 0 bridgehead atoms. The van der Waals surface area contributed by atoms with Crippen LogP contribution in [0.15, 0.2) is 30.4 Å². The number of amides is 4. The van der Waals surface area contributed by atoms with E-state index in [-0.39, 0.29) is 37.9 Å². The van der Waals surface area contributed by atoms with Gasteiger partial charge >= 0.3 is 16.3 Å². The maximum atomic E-state index is 14.4. The number of halogens is 1. The number of nitrogens with zero attached hydrogens (tertiary/aromatic N) is 4. The zero-order valence-corrected chi connectivity index (χ0v) is 31.6. The zero-order chi connectivity index (χ0) is 38.2. The monoisotopic (exact) mass is 747 g/mol. The van der Waals surface area contributed by atoms with Gasteiger partial charge in [-0.15, -0.1) is 0 Å². The highest BCUT2D eigenvalue weighted by molar-refractivity contribution is 7.87. The number of alkyl carbamates (subject to hydrolysis) is 1. The Labute approximate surface area is 303 Å². The fourth-order valence-corrected chi connectivity index (χ4v) is 7.29. The Morgan fingerprint density at radius 2 is 1.88 bits per heavy atom. The first kappa shape index (κ1) is 39.0. The number of rotatable bonds is 7. The normalized spacial score (nSPS) is 25.9. The van der Waals surface area contributed by atoms with E-state index in [2.05, 4.69) is 20.3 Å². The summed E-state index contributed by atoms with van der Waals surface area (Å²) in [6, 6.07) is 1.99. The molecule has 1 saturated heterocycles. The van der Waals surface area contributed by atoms with Crippen LogP contribution in [0, 0.1) is 11.7 Å². The number of fused-ring (bicyclic) bond motifs is 3. The van der Waals surface area contributed by atoms with Crippen molar-refractivity contribution in [3.8, 4) is 6.01 Å². The maximum Gasteiger partial charge on any atom is 0.408 e. The minimum atomic E-state index is -4.18. The number of ether oxygens (including phenoxy) is 2. The third kappa shape index (κ3) is 8.68. The molecule has 1 aromatic carbocycles. The fraction of sp³-hybridized carbons (Fsp3) is 0.629. The highest BCUT2D eigenvalue weighted by Gasteiger charge is 2.61. The van der Waals surface area contributed by atoms with Gasteiger partial charge in [0.25, 0.3) is 11.9 Å². The summed E-state index contributed by atoms with van der Waals surface area (Å²) in [5, 5.41) is 5.52. The highest BCUT2D eigenvalue weighted by Crippen LogP contribution is 2.46. The molecule has 286 valence electrons. The van der Waals surface area contributed by atoms with Crippen LogP contribution in [0.25, 0.3) is 11.0 Å². The van der Waals surface area contributed by atoms with Crippen molar-refractivity contribution >= 4 is 45.1 Å². The highest BCUT2D eigenvalue weighted by atomic mass is 32.2. The standard InChI is InChI=1S/C35H50FN7O8S/c1-21(2)43-27-17-23(36)15-16-25(27)37-32(43)50-24-18-28-29(44)39-35(31(46)40-52(48,49)41(6)7)19-22(35)13-11-9-8-10-12-14-26(30(45)42(28)20-24)38-33(47)51-34(3,4)5/h11,13,15-17,21-22,24,26,28H,8-10,12,14,18-20H2,1-7H3,(H,38,47)(H,39,44)(H,40,46)/t22-,24-,26+,28+,35-/m1/s1. The summed E-state index contributed by atoms with van der Waals surface area (Å²) in [5.74, 6) is -3.03.